The first-order valence-corrected chi connectivity index (χ1v) is 6.34. The molecule has 0 aromatic carbocycles. The number of rotatable bonds is 3. The Kier molecular flexibility index (Phi) is 2.97. The largest absolute Gasteiger partial charge is 0.330 e. The van der Waals surface area contributed by atoms with Crippen molar-refractivity contribution in [3.05, 3.63) is 54.3 Å². The van der Waals surface area contributed by atoms with Gasteiger partial charge in [0.2, 0.25) is 0 Å². The van der Waals surface area contributed by atoms with Gasteiger partial charge >= 0.3 is 0 Å². The first-order valence-electron chi connectivity index (χ1n) is 5.46. The average Bonchev–Trinajstić information content (AvgIpc) is 2.94. The monoisotopic (exact) mass is 254 g/mol. The standard InChI is InChI=1S/C13H10N4S/c1-2-6-14-11(3-1)12-5-4-10(9-16-12)17-13-15-7-8-18-13/h1-9H,(H,15,17). The van der Waals surface area contributed by atoms with Gasteiger partial charge in [0.25, 0.3) is 0 Å². The highest BCUT2D eigenvalue weighted by atomic mass is 32.1. The van der Waals surface area contributed by atoms with E-state index in [1.54, 1.807) is 29.9 Å². The Hall–Kier alpha value is -2.27. The molecule has 4 nitrogen and oxygen atoms in total. The van der Waals surface area contributed by atoms with E-state index in [0.717, 1.165) is 22.2 Å². The van der Waals surface area contributed by atoms with Gasteiger partial charge in [-0.2, -0.15) is 0 Å². The minimum Gasteiger partial charge on any atom is -0.330 e. The van der Waals surface area contributed by atoms with E-state index in [1.807, 2.05) is 35.7 Å². The van der Waals surface area contributed by atoms with Crippen molar-refractivity contribution in [1.82, 2.24) is 15.0 Å². The predicted molar refractivity (Wildman–Crippen MR) is 72.9 cm³/mol. The van der Waals surface area contributed by atoms with Gasteiger partial charge in [0.15, 0.2) is 5.13 Å². The quantitative estimate of drug-likeness (QED) is 0.778. The second-order valence-corrected chi connectivity index (χ2v) is 4.50. The van der Waals surface area contributed by atoms with Crippen molar-refractivity contribution in [2.24, 2.45) is 0 Å². The Bertz CT molecular complexity index is 605. The molecule has 88 valence electrons. The summed E-state index contributed by atoms with van der Waals surface area (Å²) in [5, 5.41) is 5.98. The molecule has 3 rings (SSSR count). The van der Waals surface area contributed by atoms with Gasteiger partial charge in [0.1, 0.15) is 0 Å². The molecule has 0 aliphatic heterocycles. The van der Waals surface area contributed by atoms with Gasteiger partial charge in [-0.15, -0.1) is 11.3 Å². The van der Waals surface area contributed by atoms with E-state index in [-0.39, 0.29) is 0 Å². The zero-order valence-corrected chi connectivity index (χ0v) is 10.3. The van der Waals surface area contributed by atoms with E-state index in [2.05, 4.69) is 20.3 Å². The molecule has 3 aromatic rings. The fraction of sp³-hybridized carbons (Fsp3) is 0. The highest BCUT2D eigenvalue weighted by Crippen LogP contribution is 2.20. The first kappa shape index (κ1) is 10.9. The number of thiazole rings is 1. The lowest BCUT2D eigenvalue weighted by atomic mass is 10.2. The summed E-state index contributed by atoms with van der Waals surface area (Å²) in [4.78, 5) is 12.8. The number of hydrogen-bond acceptors (Lipinski definition) is 5. The van der Waals surface area contributed by atoms with Gasteiger partial charge in [0, 0.05) is 17.8 Å². The highest BCUT2D eigenvalue weighted by molar-refractivity contribution is 7.13. The van der Waals surface area contributed by atoms with Crippen molar-refractivity contribution >= 4 is 22.2 Å². The third-order valence-corrected chi connectivity index (χ3v) is 3.06. The van der Waals surface area contributed by atoms with Crippen molar-refractivity contribution < 1.29 is 0 Å². The van der Waals surface area contributed by atoms with E-state index in [4.69, 9.17) is 0 Å². The minimum absolute atomic E-state index is 0.861. The van der Waals surface area contributed by atoms with Gasteiger partial charge in [-0.05, 0) is 24.3 Å². The summed E-state index contributed by atoms with van der Waals surface area (Å²) in [6.45, 7) is 0. The maximum absolute atomic E-state index is 4.38. The minimum atomic E-state index is 0.861. The second-order valence-electron chi connectivity index (χ2n) is 3.61. The molecule has 0 unspecified atom stereocenters. The number of nitrogens with one attached hydrogen (secondary N) is 1. The molecular weight excluding hydrogens is 244 g/mol. The van der Waals surface area contributed by atoms with Crippen LogP contribution >= 0.6 is 11.3 Å². The molecule has 1 N–H and O–H groups in total. The van der Waals surface area contributed by atoms with Crippen LogP contribution in [-0.2, 0) is 0 Å². The van der Waals surface area contributed by atoms with Gasteiger partial charge < -0.3 is 5.32 Å². The van der Waals surface area contributed by atoms with Gasteiger partial charge in [0.05, 0.1) is 23.3 Å². The highest BCUT2D eigenvalue weighted by Gasteiger charge is 2.01. The summed E-state index contributed by atoms with van der Waals surface area (Å²) in [5.41, 5.74) is 2.66. The third-order valence-electron chi connectivity index (χ3n) is 2.37. The molecule has 0 atom stereocenters. The molecule has 0 saturated heterocycles. The summed E-state index contributed by atoms with van der Waals surface area (Å²) in [5.74, 6) is 0. The van der Waals surface area contributed by atoms with Gasteiger partial charge in [-0.3, -0.25) is 9.97 Å². The fourth-order valence-corrected chi connectivity index (χ4v) is 2.09. The molecule has 18 heavy (non-hydrogen) atoms. The zero-order chi connectivity index (χ0) is 12.2. The maximum atomic E-state index is 4.38. The average molecular weight is 254 g/mol. The molecule has 5 heteroatoms. The van der Waals surface area contributed by atoms with Crippen LogP contribution in [-0.4, -0.2) is 15.0 Å². The molecule has 0 aliphatic carbocycles. The molecule has 3 heterocycles. The number of pyridine rings is 2. The van der Waals surface area contributed by atoms with Crippen LogP contribution in [0.15, 0.2) is 54.3 Å². The third kappa shape index (κ3) is 2.36. The molecule has 0 spiro atoms. The van der Waals surface area contributed by atoms with Crippen molar-refractivity contribution in [3.63, 3.8) is 0 Å². The smallest absolute Gasteiger partial charge is 0.187 e. The molecule has 0 fully saturated rings. The Morgan fingerprint density at radius 2 is 1.83 bits per heavy atom. The molecule has 0 radical (unpaired) electrons. The summed E-state index contributed by atoms with van der Waals surface area (Å²) in [7, 11) is 0. The number of aromatic nitrogens is 3. The predicted octanol–water partition coefficient (Wildman–Crippen LogP) is 3.34. The molecule has 0 amide bonds. The van der Waals surface area contributed by atoms with Crippen LogP contribution in [0.25, 0.3) is 11.4 Å². The van der Waals surface area contributed by atoms with Crippen LogP contribution in [0.5, 0.6) is 0 Å². The molecule has 0 bridgehead atoms. The Balaban J connectivity index is 1.81. The van der Waals surface area contributed by atoms with E-state index < -0.39 is 0 Å². The number of anilines is 2. The van der Waals surface area contributed by atoms with Crippen LogP contribution in [0.3, 0.4) is 0 Å². The summed E-state index contributed by atoms with van der Waals surface area (Å²) < 4.78 is 0. The SMILES string of the molecule is c1ccc(-c2ccc(Nc3nccs3)cn2)nc1. The van der Waals surface area contributed by atoms with E-state index in [0.29, 0.717) is 0 Å². The zero-order valence-electron chi connectivity index (χ0n) is 9.45. The van der Waals surface area contributed by atoms with Crippen LogP contribution in [0.1, 0.15) is 0 Å². The van der Waals surface area contributed by atoms with Crippen LogP contribution in [0, 0.1) is 0 Å². The van der Waals surface area contributed by atoms with Crippen molar-refractivity contribution in [2.75, 3.05) is 5.32 Å². The Morgan fingerprint density at radius 1 is 0.889 bits per heavy atom. The molecule has 0 saturated carbocycles. The van der Waals surface area contributed by atoms with E-state index in [9.17, 15) is 0 Å². The van der Waals surface area contributed by atoms with E-state index >= 15 is 0 Å². The number of nitrogens with zero attached hydrogens (tertiary/aromatic N) is 3. The van der Waals surface area contributed by atoms with Crippen LogP contribution < -0.4 is 5.32 Å². The molecular formula is C13H10N4S. The lowest BCUT2D eigenvalue weighted by molar-refractivity contribution is 1.24. The van der Waals surface area contributed by atoms with Crippen molar-refractivity contribution in [2.45, 2.75) is 0 Å². The lowest BCUT2D eigenvalue weighted by Gasteiger charge is -2.03. The maximum Gasteiger partial charge on any atom is 0.187 e. The normalized spacial score (nSPS) is 10.2. The molecule has 3 aromatic heterocycles. The van der Waals surface area contributed by atoms with Crippen molar-refractivity contribution in [3.8, 4) is 11.4 Å². The summed E-state index contributed by atoms with van der Waals surface area (Å²) >= 11 is 1.56. The van der Waals surface area contributed by atoms with Crippen LogP contribution in [0.2, 0.25) is 0 Å². The molecule has 0 aliphatic rings. The van der Waals surface area contributed by atoms with E-state index in [1.165, 1.54) is 0 Å². The topological polar surface area (TPSA) is 50.7 Å². The van der Waals surface area contributed by atoms with Gasteiger partial charge in [-0.25, -0.2) is 4.98 Å². The Labute approximate surface area is 108 Å². The fourth-order valence-electron chi connectivity index (χ4n) is 1.54. The second kappa shape index (κ2) is 4.93. The summed E-state index contributed by atoms with van der Waals surface area (Å²) in [6, 6.07) is 9.70. The van der Waals surface area contributed by atoms with Crippen molar-refractivity contribution in [1.29, 1.82) is 0 Å². The summed E-state index contributed by atoms with van der Waals surface area (Å²) in [6.07, 6.45) is 5.31. The van der Waals surface area contributed by atoms with Gasteiger partial charge in [-0.1, -0.05) is 6.07 Å². The lowest BCUT2D eigenvalue weighted by Crippen LogP contribution is -1.91. The Morgan fingerprint density at radius 3 is 2.50 bits per heavy atom. The number of hydrogen-bond donors (Lipinski definition) is 1. The van der Waals surface area contributed by atoms with Crippen LogP contribution in [0.4, 0.5) is 10.8 Å². The first-order chi connectivity index (χ1) is 8.92.